The summed E-state index contributed by atoms with van der Waals surface area (Å²) in [5.74, 6) is 0. The Morgan fingerprint density at radius 2 is 0.927 bits per heavy atom. The van der Waals surface area contributed by atoms with Gasteiger partial charge in [-0.2, -0.15) is 0 Å². The van der Waals surface area contributed by atoms with Crippen LogP contribution in [0.2, 0.25) is 0 Å². The van der Waals surface area contributed by atoms with Gasteiger partial charge in [-0.1, -0.05) is 133 Å². The smallest absolute Gasteiger partial charge is 0.0641 e. The molecule has 0 unspecified atom stereocenters. The quantitative estimate of drug-likeness (QED) is 0.168. The van der Waals surface area contributed by atoms with Gasteiger partial charge >= 0.3 is 0 Å². The number of rotatable bonds is 6. The van der Waals surface area contributed by atoms with Crippen LogP contribution < -0.4 is 4.90 Å². The van der Waals surface area contributed by atoms with E-state index in [1.54, 1.807) is 0 Å². The fourth-order valence-electron chi connectivity index (χ4n) is 8.61. The second kappa shape index (κ2) is 12.6. The average molecular weight is 702 g/mol. The number of aromatic nitrogens is 2. The van der Waals surface area contributed by atoms with E-state index in [0.29, 0.717) is 0 Å². The van der Waals surface area contributed by atoms with Gasteiger partial charge in [0.05, 0.1) is 22.1 Å². The SMILES string of the molecule is c1ccc(-c2cccc(N(c3ccccc3)c3ccc4ccc(-n5c6ccccc6c6ccc7c(c8ccccc8n7-c7ccccc7)c65)cc4c3)c2)cc1. The Labute approximate surface area is 319 Å². The molecule has 0 radical (unpaired) electrons. The Morgan fingerprint density at radius 1 is 0.309 bits per heavy atom. The van der Waals surface area contributed by atoms with Crippen molar-refractivity contribution in [2.45, 2.75) is 0 Å². The van der Waals surface area contributed by atoms with E-state index in [9.17, 15) is 0 Å². The lowest BCUT2D eigenvalue weighted by molar-refractivity contribution is 1.18. The van der Waals surface area contributed by atoms with Crippen molar-refractivity contribution in [3.8, 4) is 22.5 Å². The van der Waals surface area contributed by atoms with Crippen LogP contribution in [0.4, 0.5) is 17.1 Å². The zero-order valence-corrected chi connectivity index (χ0v) is 30.0. The fraction of sp³-hybridized carbons (Fsp3) is 0. The van der Waals surface area contributed by atoms with Crippen LogP contribution >= 0.6 is 0 Å². The van der Waals surface area contributed by atoms with Crippen LogP contribution in [0.25, 0.3) is 76.9 Å². The summed E-state index contributed by atoms with van der Waals surface area (Å²) >= 11 is 0. The van der Waals surface area contributed by atoms with E-state index >= 15 is 0 Å². The number of nitrogens with zero attached hydrogens (tertiary/aromatic N) is 3. The summed E-state index contributed by atoms with van der Waals surface area (Å²) in [5, 5.41) is 7.38. The first-order valence-corrected chi connectivity index (χ1v) is 18.9. The molecule has 0 aliphatic carbocycles. The molecule has 55 heavy (non-hydrogen) atoms. The third-order valence-electron chi connectivity index (χ3n) is 11.0. The van der Waals surface area contributed by atoms with Gasteiger partial charge in [-0.15, -0.1) is 0 Å². The maximum absolute atomic E-state index is 2.49. The van der Waals surface area contributed by atoms with Crippen LogP contribution in [0.15, 0.2) is 212 Å². The normalized spacial score (nSPS) is 11.6. The standard InChI is InChI=1S/C52H35N3/c1-4-15-36(16-5-1)38-17-14-22-42(33-38)53(40-18-6-2-7-19-40)43-29-27-37-28-30-44(35-39(37)34-43)55-48-25-12-10-23-45(48)46-31-32-50-51(52(46)55)47-24-11-13-26-49(47)54(50)41-20-8-3-9-21-41/h1-35H. The summed E-state index contributed by atoms with van der Waals surface area (Å²) in [6.07, 6.45) is 0. The van der Waals surface area contributed by atoms with Crippen LogP contribution in [-0.2, 0) is 0 Å². The lowest BCUT2D eigenvalue weighted by Gasteiger charge is -2.26. The molecule has 11 aromatic rings. The highest BCUT2D eigenvalue weighted by Gasteiger charge is 2.21. The van der Waals surface area contributed by atoms with Crippen molar-refractivity contribution in [2.75, 3.05) is 4.90 Å². The molecule has 0 spiro atoms. The monoisotopic (exact) mass is 701 g/mol. The Balaban J connectivity index is 1.14. The molecule has 0 aliphatic heterocycles. The Bertz CT molecular complexity index is 3190. The molecule has 11 rings (SSSR count). The average Bonchev–Trinajstić information content (AvgIpc) is 3.78. The van der Waals surface area contributed by atoms with Crippen molar-refractivity contribution in [2.24, 2.45) is 0 Å². The second-order valence-corrected chi connectivity index (χ2v) is 14.2. The van der Waals surface area contributed by atoms with E-state index in [0.717, 1.165) is 28.4 Å². The van der Waals surface area contributed by atoms with Crippen LogP contribution in [0.1, 0.15) is 0 Å². The third-order valence-corrected chi connectivity index (χ3v) is 11.0. The molecule has 258 valence electrons. The number of anilines is 3. The van der Waals surface area contributed by atoms with E-state index in [2.05, 4.69) is 226 Å². The molecule has 0 saturated carbocycles. The van der Waals surface area contributed by atoms with Crippen LogP contribution in [-0.4, -0.2) is 9.13 Å². The maximum Gasteiger partial charge on any atom is 0.0641 e. The van der Waals surface area contributed by atoms with Crippen molar-refractivity contribution >= 4 is 71.4 Å². The van der Waals surface area contributed by atoms with Gasteiger partial charge in [0.25, 0.3) is 0 Å². The molecular weight excluding hydrogens is 667 g/mol. The van der Waals surface area contributed by atoms with Gasteiger partial charge < -0.3 is 14.0 Å². The van der Waals surface area contributed by atoms with Gasteiger partial charge in [0.15, 0.2) is 0 Å². The molecule has 0 N–H and O–H groups in total. The number of benzene rings is 9. The minimum Gasteiger partial charge on any atom is -0.310 e. The summed E-state index contributed by atoms with van der Waals surface area (Å²) in [7, 11) is 0. The van der Waals surface area contributed by atoms with E-state index in [-0.39, 0.29) is 0 Å². The van der Waals surface area contributed by atoms with Gasteiger partial charge in [0, 0.05) is 50.0 Å². The van der Waals surface area contributed by atoms with Gasteiger partial charge in [-0.25, -0.2) is 0 Å². The van der Waals surface area contributed by atoms with Crippen molar-refractivity contribution in [1.82, 2.24) is 9.13 Å². The number of para-hydroxylation sites is 4. The Kier molecular flexibility index (Phi) is 7.17. The van der Waals surface area contributed by atoms with Crippen molar-refractivity contribution in [3.05, 3.63) is 212 Å². The molecule has 2 heterocycles. The summed E-state index contributed by atoms with van der Waals surface area (Å²) in [6, 6.07) is 76.9. The summed E-state index contributed by atoms with van der Waals surface area (Å²) in [6.45, 7) is 0. The molecule has 0 bridgehead atoms. The van der Waals surface area contributed by atoms with Gasteiger partial charge in [-0.05, 0) is 101 Å². The highest BCUT2D eigenvalue weighted by atomic mass is 15.1. The molecule has 0 atom stereocenters. The topological polar surface area (TPSA) is 13.1 Å². The lowest BCUT2D eigenvalue weighted by atomic mass is 10.0. The van der Waals surface area contributed by atoms with Gasteiger partial charge in [0.2, 0.25) is 0 Å². The highest BCUT2D eigenvalue weighted by molar-refractivity contribution is 6.26. The van der Waals surface area contributed by atoms with Crippen molar-refractivity contribution in [1.29, 1.82) is 0 Å². The maximum atomic E-state index is 2.49. The van der Waals surface area contributed by atoms with Crippen molar-refractivity contribution in [3.63, 3.8) is 0 Å². The first-order chi connectivity index (χ1) is 27.3. The minimum atomic E-state index is 1.11. The van der Waals surface area contributed by atoms with Crippen LogP contribution in [0, 0.1) is 0 Å². The zero-order valence-electron chi connectivity index (χ0n) is 30.0. The van der Waals surface area contributed by atoms with Crippen molar-refractivity contribution < 1.29 is 0 Å². The first kappa shape index (κ1) is 31.2. The summed E-state index contributed by atoms with van der Waals surface area (Å²) in [5.41, 5.74) is 12.8. The van der Waals surface area contributed by atoms with Gasteiger partial charge in [0.1, 0.15) is 0 Å². The summed E-state index contributed by atoms with van der Waals surface area (Å²) in [4.78, 5) is 2.36. The molecule has 3 nitrogen and oxygen atoms in total. The number of hydrogen-bond acceptors (Lipinski definition) is 1. The zero-order chi connectivity index (χ0) is 36.3. The van der Waals surface area contributed by atoms with E-state index < -0.39 is 0 Å². The van der Waals surface area contributed by atoms with Crippen LogP contribution in [0.5, 0.6) is 0 Å². The largest absolute Gasteiger partial charge is 0.310 e. The molecule has 0 fully saturated rings. The van der Waals surface area contributed by atoms with E-state index in [1.165, 1.54) is 65.5 Å². The molecule has 0 saturated heterocycles. The number of fused-ring (bicyclic) bond motifs is 8. The minimum absolute atomic E-state index is 1.11. The third kappa shape index (κ3) is 5.05. The fourth-order valence-corrected chi connectivity index (χ4v) is 8.61. The van der Waals surface area contributed by atoms with Crippen LogP contribution in [0.3, 0.4) is 0 Å². The first-order valence-electron chi connectivity index (χ1n) is 18.9. The number of hydrogen-bond donors (Lipinski definition) is 0. The Hall–Kier alpha value is -7.36. The summed E-state index contributed by atoms with van der Waals surface area (Å²) < 4.78 is 4.89. The van der Waals surface area contributed by atoms with E-state index in [1.807, 2.05) is 0 Å². The molecule has 2 aromatic heterocycles. The predicted molar refractivity (Wildman–Crippen MR) is 233 cm³/mol. The Morgan fingerprint density at radius 3 is 1.73 bits per heavy atom. The molecule has 9 aromatic carbocycles. The lowest BCUT2D eigenvalue weighted by Crippen LogP contribution is -2.09. The second-order valence-electron chi connectivity index (χ2n) is 14.2. The molecule has 0 aliphatic rings. The molecule has 3 heteroatoms. The highest BCUT2D eigenvalue weighted by Crippen LogP contribution is 2.43. The van der Waals surface area contributed by atoms with Gasteiger partial charge in [-0.3, -0.25) is 0 Å². The molecule has 0 amide bonds. The van der Waals surface area contributed by atoms with E-state index in [4.69, 9.17) is 0 Å². The molecular formula is C52H35N3. The predicted octanol–water partition coefficient (Wildman–Crippen LogP) is 14.2.